The number of hydrogen-bond donors (Lipinski definition) is 0. The van der Waals surface area contributed by atoms with Gasteiger partial charge in [-0.05, 0) is 79.4 Å². The summed E-state index contributed by atoms with van der Waals surface area (Å²) in [5.41, 5.74) is 11.3. The van der Waals surface area contributed by atoms with Crippen LogP contribution in [0.3, 0.4) is 0 Å². The Balaban J connectivity index is 0.000000241. The van der Waals surface area contributed by atoms with Gasteiger partial charge >= 0.3 is 0 Å². The van der Waals surface area contributed by atoms with Crippen molar-refractivity contribution >= 4 is 22.1 Å². The quantitative estimate of drug-likeness (QED) is 0.167. The Hall–Kier alpha value is -4.44. The molecule has 1 aliphatic carbocycles. The molecule has 5 heteroatoms. The van der Waals surface area contributed by atoms with E-state index in [1.807, 2.05) is 54.7 Å². The molecule has 231 valence electrons. The van der Waals surface area contributed by atoms with E-state index in [0.29, 0.717) is 11.6 Å². The molecule has 4 aromatic heterocycles. The Morgan fingerprint density at radius 1 is 0.674 bits per heavy atom. The van der Waals surface area contributed by atoms with Crippen LogP contribution < -0.4 is 0 Å². The Labute approximate surface area is 284 Å². The number of furan rings is 1. The fourth-order valence-electron chi connectivity index (χ4n) is 6.52. The van der Waals surface area contributed by atoms with Gasteiger partial charge in [0.05, 0.1) is 11.3 Å². The zero-order chi connectivity index (χ0) is 30.6. The average Bonchev–Trinajstić information content (AvgIpc) is 3.48. The minimum Gasteiger partial charge on any atom is -0.486 e. The zero-order valence-corrected chi connectivity index (χ0v) is 28.5. The SMILES string of the molecule is Cc1cccc(C)c1-c1ccc2c(n1)oc1c(-c3cc(C4CCCCC4)ccn3)[c-]ccc12.[Ir].[c-]1ccccc1-c1ccccn1. The Bertz CT molecular complexity index is 2010. The Morgan fingerprint density at radius 2 is 1.48 bits per heavy atom. The molecule has 46 heavy (non-hydrogen) atoms. The molecule has 1 fully saturated rings. The maximum Gasteiger partial charge on any atom is 0.216 e. The molecule has 0 amide bonds. The number of nitrogens with zero attached hydrogens (tertiary/aromatic N) is 3. The molecule has 3 aromatic carbocycles. The molecule has 0 saturated heterocycles. The molecule has 0 spiro atoms. The first-order valence-corrected chi connectivity index (χ1v) is 15.8. The molecule has 1 aliphatic rings. The molecule has 1 radical (unpaired) electrons. The standard InChI is InChI=1S/C30H27N2O.C11H8N.Ir/c1-19-8-6-9-20(2)28(19)26-15-14-24-23-12-7-13-25(29(23)33-30(24)32-26)27-18-22(16-17-31-27)21-10-4-3-5-11-21;1-2-6-10(7-3-1)11-8-4-5-9-12-11;/h6-9,12,14-18,21H,3-5,10-11H2,1-2H3;1-6,8-9H;/q2*-1;. The topological polar surface area (TPSA) is 51.8 Å². The summed E-state index contributed by atoms with van der Waals surface area (Å²) in [5, 5.41) is 2.09. The smallest absolute Gasteiger partial charge is 0.216 e. The van der Waals surface area contributed by atoms with E-state index in [-0.39, 0.29) is 20.1 Å². The van der Waals surface area contributed by atoms with Crippen molar-refractivity contribution in [2.45, 2.75) is 51.9 Å². The Kier molecular flexibility index (Phi) is 9.82. The normalized spacial score (nSPS) is 13.2. The first kappa shape index (κ1) is 31.5. The number of hydrogen-bond acceptors (Lipinski definition) is 4. The Morgan fingerprint density at radius 3 is 2.24 bits per heavy atom. The number of aryl methyl sites for hydroxylation is 2. The van der Waals surface area contributed by atoms with Crippen LogP contribution in [0.5, 0.6) is 0 Å². The molecular weight excluding hydrogens is 743 g/mol. The van der Waals surface area contributed by atoms with Gasteiger partial charge in [-0.2, -0.15) is 0 Å². The van der Waals surface area contributed by atoms with E-state index in [1.54, 1.807) is 6.20 Å². The molecule has 8 rings (SSSR count). The molecular formula is C41H35IrN3O-2. The van der Waals surface area contributed by atoms with Crippen LogP contribution in [0.25, 0.3) is 55.8 Å². The van der Waals surface area contributed by atoms with Crippen molar-refractivity contribution in [2.24, 2.45) is 0 Å². The van der Waals surface area contributed by atoms with Crippen LogP contribution in [0.2, 0.25) is 0 Å². The summed E-state index contributed by atoms with van der Waals surface area (Å²) >= 11 is 0. The first-order chi connectivity index (χ1) is 22.2. The van der Waals surface area contributed by atoms with E-state index in [4.69, 9.17) is 14.4 Å². The van der Waals surface area contributed by atoms with Gasteiger partial charge in [0.25, 0.3) is 0 Å². The third kappa shape index (κ3) is 6.58. The van der Waals surface area contributed by atoms with Crippen LogP contribution in [0.4, 0.5) is 0 Å². The molecule has 0 aliphatic heterocycles. The van der Waals surface area contributed by atoms with Gasteiger partial charge in [-0.25, -0.2) is 4.98 Å². The van der Waals surface area contributed by atoms with E-state index in [2.05, 4.69) is 79.5 Å². The van der Waals surface area contributed by atoms with Crippen molar-refractivity contribution in [1.82, 2.24) is 15.0 Å². The van der Waals surface area contributed by atoms with Gasteiger partial charge in [-0.3, -0.25) is 0 Å². The van der Waals surface area contributed by atoms with Gasteiger partial charge < -0.3 is 14.4 Å². The minimum atomic E-state index is 0. The van der Waals surface area contributed by atoms with Crippen molar-refractivity contribution in [1.29, 1.82) is 0 Å². The maximum absolute atomic E-state index is 6.38. The molecule has 4 heterocycles. The van der Waals surface area contributed by atoms with Crippen LogP contribution in [-0.2, 0) is 20.1 Å². The van der Waals surface area contributed by atoms with Crippen molar-refractivity contribution < 1.29 is 24.5 Å². The fraction of sp³-hybridized carbons (Fsp3) is 0.195. The second kappa shape index (κ2) is 14.3. The van der Waals surface area contributed by atoms with Crippen molar-refractivity contribution in [2.75, 3.05) is 0 Å². The van der Waals surface area contributed by atoms with Gasteiger partial charge in [0.15, 0.2) is 0 Å². The monoisotopic (exact) mass is 778 g/mol. The van der Waals surface area contributed by atoms with Gasteiger partial charge in [-0.1, -0.05) is 72.2 Å². The summed E-state index contributed by atoms with van der Waals surface area (Å²) in [6, 6.07) is 39.3. The molecule has 0 N–H and O–H groups in total. The van der Waals surface area contributed by atoms with Crippen LogP contribution in [0.15, 0.2) is 114 Å². The van der Waals surface area contributed by atoms with E-state index in [1.165, 1.54) is 54.4 Å². The van der Waals surface area contributed by atoms with E-state index in [9.17, 15) is 0 Å². The average molecular weight is 778 g/mol. The summed E-state index contributed by atoms with van der Waals surface area (Å²) < 4.78 is 6.38. The second-order valence-electron chi connectivity index (χ2n) is 11.8. The summed E-state index contributed by atoms with van der Waals surface area (Å²) in [4.78, 5) is 13.8. The van der Waals surface area contributed by atoms with Gasteiger partial charge in [0.2, 0.25) is 5.71 Å². The summed E-state index contributed by atoms with van der Waals surface area (Å²) in [6.45, 7) is 4.26. The van der Waals surface area contributed by atoms with Crippen molar-refractivity contribution in [3.8, 4) is 33.8 Å². The predicted octanol–water partition coefficient (Wildman–Crippen LogP) is 10.7. The van der Waals surface area contributed by atoms with Crippen LogP contribution >= 0.6 is 0 Å². The zero-order valence-electron chi connectivity index (χ0n) is 26.1. The molecule has 0 bridgehead atoms. The summed E-state index contributed by atoms with van der Waals surface area (Å²) in [6.07, 6.45) is 10.3. The molecule has 0 unspecified atom stereocenters. The maximum atomic E-state index is 6.38. The van der Waals surface area contributed by atoms with Crippen molar-refractivity contribution in [3.05, 3.63) is 138 Å². The number of fused-ring (bicyclic) bond motifs is 3. The second-order valence-corrected chi connectivity index (χ2v) is 11.8. The summed E-state index contributed by atoms with van der Waals surface area (Å²) in [7, 11) is 0. The van der Waals surface area contributed by atoms with Crippen LogP contribution in [0, 0.1) is 26.0 Å². The van der Waals surface area contributed by atoms with E-state index in [0.717, 1.165) is 44.6 Å². The van der Waals surface area contributed by atoms with E-state index < -0.39 is 0 Å². The first-order valence-electron chi connectivity index (χ1n) is 15.8. The predicted molar refractivity (Wildman–Crippen MR) is 183 cm³/mol. The van der Waals surface area contributed by atoms with Gasteiger partial charge in [0.1, 0.15) is 0 Å². The third-order valence-corrected chi connectivity index (χ3v) is 8.80. The van der Waals surface area contributed by atoms with Crippen LogP contribution in [0.1, 0.15) is 54.7 Å². The van der Waals surface area contributed by atoms with Gasteiger partial charge in [0, 0.05) is 43.4 Å². The number of rotatable bonds is 4. The molecule has 7 aromatic rings. The van der Waals surface area contributed by atoms with E-state index >= 15 is 0 Å². The number of aromatic nitrogens is 3. The van der Waals surface area contributed by atoms with Gasteiger partial charge in [-0.15, -0.1) is 54.1 Å². The fourth-order valence-corrected chi connectivity index (χ4v) is 6.52. The molecule has 0 atom stereocenters. The minimum absolute atomic E-state index is 0. The third-order valence-electron chi connectivity index (χ3n) is 8.80. The molecule has 1 saturated carbocycles. The number of pyridine rings is 3. The van der Waals surface area contributed by atoms with Crippen LogP contribution in [-0.4, -0.2) is 15.0 Å². The summed E-state index contributed by atoms with van der Waals surface area (Å²) in [5.74, 6) is 0.636. The molecule has 4 nitrogen and oxygen atoms in total. The largest absolute Gasteiger partial charge is 0.486 e. The number of benzene rings is 3. The van der Waals surface area contributed by atoms with Crippen molar-refractivity contribution in [3.63, 3.8) is 0 Å².